The molecule has 0 bridgehead atoms. The van der Waals surface area contributed by atoms with Crippen molar-refractivity contribution in [3.05, 3.63) is 323 Å². The van der Waals surface area contributed by atoms with Crippen LogP contribution in [0, 0.1) is 25.7 Å². The Balaban J connectivity index is 0.000000204. The Bertz CT molecular complexity index is 4890. The summed E-state index contributed by atoms with van der Waals surface area (Å²) in [4.78, 5) is 5.21. The van der Waals surface area contributed by atoms with Crippen molar-refractivity contribution in [1.82, 2.24) is 0 Å². The minimum absolute atomic E-state index is 0. The molecular formula is C82H54BF24IrNO4P-. The third-order valence-corrected chi connectivity index (χ3v) is 20.0. The van der Waals surface area contributed by atoms with Crippen molar-refractivity contribution >= 4 is 85.6 Å². The van der Waals surface area contributed by atoms with Gasteiger partial charge in [-0.1, -0.05) is 188 Å². The van der Waals surface area contributed by atoms with Crippen molar-refractivity contribution < 1.29 is 143 Å². The minimum Gasteiger partial charge on any atom is -0.475 e. The zero-order chi connectivity index (χ0) is 81.5. The summed E-state index contributed by atoms with van der Waals surface area (Å²) in [5.41, 5.74) is -27.1. The molecule has 2 aliphatic rings. The number of halogens is 24. The molecule has 1 aliphatic carbocycles. The standard InChI is InChI=1S/C42H30NO4P.C32H12BF24.C8H12.Ir/c1-4-16-31(17-5-1)41-43-38(28-44-41)42(32-18-6-2-7-19-32,33-20-8-3-9-21-33)47-48-45-36-26-24-29-14-10-12-22-34(29)39(36)40-35-23-13-11-15-30(35)25-27-37(40)46-48;34-25(35,36)13-1-14(26(37,38)39)6-21(5-13)33(22-7-15(27(40,41)42)2-16(8-22)28(43,44)45,23-9-17(29(46,47)48)3-18(10-23)30(49,50)51)24-11-19(31(52,53)54)4-20(12-24)32(55,56)57;1-2-4-6-8-7-5-3-1;/h1-27,38H,28H2;1-12H;1-2,7-8H,3-6H2;/q;-1;;/t38-;;;/m0.../s1. The van der Waals surface area contributed by atoms with Crippen LogP contribution in [0.2, 0.25) is 0 Å². The second-order valence-electron chi connectivity index (χ2n) is 26.2. The van der Waals surface area contributed by atoms with Crippen LogP contribution in [0.1, 0.15) is 86.9 Å². The SMILES string of the molecule is FC(F)(F)c1cc([B-](c2cc(C(F)(F)F)cc(C(F)(F)F)c2)(c2cc(C(F)(F)F)cc(C(F)(F)F)c2)c2cc(C(F)(F)F)cc(C(F)(F)F)c2)cc(C(F)(F)F)c1.[CH]1[CH]CC[CH][CH]CC1.[Ir].c1ccc(C2=N[C@H](C(Op3oc4ccc5ccccc5c4c4c(ccc5ccccc54)o3)(c3ccccc3)c3ccccc3)CO2)cc1. The van der Waals surface area contributed by atoms with Crippen LogP contribution < -0.4 is 26.4 Å². The van der Waals surface area contributed by atoms with Gasteiger partial charge in [0, 0.05) is 36.4 Å². The van der Waals surface area contributed by atoms with E-state index in [-0.39, 0.29) is 20.1 Å². The topological polar surface area (TPSA) is 57.1 Å². The van der Waals surface area contributed by atoms with E-state index in [1.165, 1.54) is 25.7 Å². The molecule has 0 spiro atoms. The molecule has 32 heteroatoms. The van der Waals surface area contributed by atoms with Gasteiger partial charge in [-0.3, -0.25) is 4.52 Å². The van der Waals surface area contributed by atoms with Gasteiger partial charge in [-0.2, -0.15) is 127 Å². The molecule has 1 atom stereocenters. The van der Waals surface area contributed by atoms with E-state index in [0.29, 0.717) is 23.7 Å². The summed E-state index contributed by atoms with van der Waals surface area (Å²) in [7, 11) is -2.03. The van der Waals surface area contributed by atoms with Crippen LogP contribution >= 0.6 is 8.24 Å². The number of fused-ring (bicyclic) bond motifs is 7. The van der Waals surface area contributed by atoms with Crippen molar-refractivity contribution in [2.45, 2.75) is 86.7 Å². The normalized spacial score (nSPS) is 15.1. The predicted molar refractivity (Wildman–Crippen MR) is 380 cm³/mol. The van der Waals surface area contributed by atoms with E-state index in [2.05, 4.69) is 111 Å². The fraction of sp³-hybridized carbons (Fsp3) is 0.183. The van der Waals surface area contributed by atoms with Crippen LogP contribution in [0.5, 0.6) is 0 Å². The zero-order valence-electron chi connectivity index (χ0n) is 57.9. The first kappa shape index (κ1) is 85.2. The predicted octanol–water partition coefficient (Wildman–Crippen LogP) is 24.4. The van der Waals surface area contributed by atoms with E-state index >= 15 is 0 Å². The summed E-state index contributed by atoms with van der Waals surface area (Å²) in [6.45, 7) is 0.319. The third-order valence-electron chi connectivity index (χ3n) is 18.9. The molecule has 5 nitrogen and oxygen atoms in total. The molecule has 597 valence electrons. The van der Waals surface area contributed by atoms with Gasteiger partial charge in [-0.25, -0.2) is 4.99 Å². The van der Waals surface area contributed by atoms with E-state index in [1.807, 2.05) is 78.9 Å². The van der Waals surface area contributed by atoms with Gasteiger partial charge in [0.2, 0.25) is 5.90 Å². The monoisotopic (exact) mass is 1810 g/mol. The summed E-state index contributed by atoms with van der Waals surface area (Å²) in [5, 5.41) is 6.41. The van der Waals surface area contributed by atoms with Crippen LogP contribution in [0.25, 0.3) is 43.5 Å². The smallest absolute Gasteiger partial charge is 0.416 e. The second-order valence-corrected chi connectivity index (χ2v) is 27.2. The van der Waals surface area contributed by atoms with E-state index < -0.39 is 215 Å². The van der Waals surface area contributed by atoms with E-state index in [1.54, 1.807) is 0 Å². The number of ether oxygens (including phenoxy) is 1. The quantitative estimate of drug-likeness (QED) is 0.101. The molecule has 14 rings (SSSR count). The van der Waals surface area contributed by atoms with Crippen molar-refractivity contribution in [2.24, 2.45) is 4.99 Å². The van der Waals surface area contributed by atoms with Crippen LogP contribution in [-0.4, -0.2) is 24.7 Å². The Kier molecular flexibility index (Phi) is 24.6. The molecule has 0 unspecified atom stereocenters. The van der Waals surface area contributed by atoms with Gasteiger partial charge in [0.05, 0.1) is 44.5 Å². The molecule has 114 heavy (non-hydrogen) atoms. The first-order valence-electron chi connectivity index (χ1n) is 34.0. The van der Waals surface area contributed by atoms with Gasteiger partial charge in [0.25, 0.3) is 0 Å². The summed E-state index contributed by atoms with van der Waals surface area (Å²) in [5.74, 6) is 0.588. The van der Waals surface area contributed by atoms with E-state index in [9.17, 15) is 105 Å². The number of hydrogen-bond acceptors (Lipinski definition) is 5. The van der Waals surface area contributed by atoms with Crippen LogP contribution in [0.3, 0.4) is 0 Å². The van der Waals surface area contributed by atoms with Crippen molar-refractivity contribution in [3.8, 4) is 0 Å². The minimum atomic E-state index is -6.13. The number of aliphatic imine (C=N–C) groups is 1. The molecule has 1 saturated carbocycles. The van der Waals surface area contributed by atoms with Crippen molar-refractivity contribution in [3.63, 3.8) is 0 Å². The fourth-order valence-corrected chi connectivity index (χ4v) is 15.1. The number of rotatable bonds is 10. The Labute approximate surface area is 647 Å². The largest absolute Gasteiger partial charge is 0.475 e. The molecule has 12 aromatic rings. The average molecular weight is 1810 g/mol. The molecule has 1 aromatic heterocycles. The van der Waals surface area contributed by atoms with Gasteiger partial charge >= 0.3 is 57.7 Å². The number of alkyl halides is 24. The summed E-state index contributed by atoms with van der Waals surface area (Å²) >= 11 is 0. The van der Waals surface area contributed by atoms with Gasteiger partial charge in [-0.05, 0) is 133 Å². The van der Waals surface area contributed by atoms with Gasteiger partial charge in [-0.15, -0.1) is 0 Å². The molecular weight excluding hydrogens is 1750 g/mol. The first-order chi connectivity index (χ1) is 53.0. The zero-order valence-corrected chi connectivity index (χ0v) is 61.2. The molecule has 1 fully saturated rings. The van der Waals surface area contributed by atoms with Crippen molar-refractivity contribution in [2.75, 3.05) is 6.61 Å². The maximum atomic E-state index is 14.2. The third kappa shape index (κ3) is 18.5. The van der Waals surface area contributed by atoms with E-state index in [4.69, 9.17) is 22.6 Å². The molecule has 0 amide bonds. The Morgan fingerprint density at radius 2 is 0.588 bits per heavy atom. The van der Waals surface area contributed by atoms with Crippen molar-refractivity contribution in [1.29, 1.82) is 0 Å². The van der Waals surface area contributed by atoms with Gasteiger partial charge < -0.3 is 13.1 Å². The maximum absolute atomic E-state index is 14.2. The molecule has 0 N–H and O–H groups in total. The molecule has 5 radical (unpaired) electrons. The van der Waals surface area contributed by atoms with Gasteiger partial charge in [0.15, 0.2) is 5.60 Å². The second kappa shape index (κ2) is 32.9. The Morgan fingerprint density at radius 3 is 0.877 bits per heavy atom. The Morgan fingerprint density at radius 1 is 0.316 bits per heavy atom. The summed E-state index contributed by atoms with van der Waals surface area (Å²) in [6.07, 6.45) is -40.8. The molecule has 0 saturated heterocycles. The molecule has 11 aromatic carbocycles. The number of nitrogens with zero attached hydrogens (tertiary/aromatic N) is 1. The average Bonchev–Trinajstić information content (AvgIpc) is 0.857. The number of benzene rings is 11. The maximum Gasteiger partial charge on any atom is 0.416 e. The summed E-state index contributed by atoms with van der Waals surface area (Å²) < 4.78 is 368. The summed E-state index contributed by atoms with van der Waals surface area (Å²) in [6, 6.07) is 46.3. The first-order valence-corrected chi connectivity index (χ1v) is 35.1. The molecule has 2 heterocycles. The van der Waals surface area contributed by atoms with Crippen LogP contribution in [-0.2, 0) is 79.9 Å². The van der Waals surface area contributed by atoms with Crippen LogP contribution in [0.15, 0.2) is 250 Å². The fourth-order valence-electron chi connectivity index (χ4n) is 13.8. The molecule has 1 aliphatic heterocycles. The number of hydrogen-bond donors (Lipinski definition) is 0. The van der Waals surface area contributed by atoms with E-state index in [0.717, 1.165) is 49.0 Å². The Hall–Kier alpha value is -9.70. The van der Waals surface area contributed by atoms with Crippen LogP contribution in [0.4, 0.5) is 105 Å². The van der Waals surface area contributed by atoms with Gasteiger partial charge in [0.1, 0.15) is 30.0 Å².